The van der Waals surface area contributed by atoms with E-state index in [-0.39, 0.29) is 36.3 Å². The van der Waals surface area contributed by atoms with Gasteiger partial charge in [-0.3, -0.25) is 9.59 Å². The Hall–Kier alpha value is -2.75. The summed E-state index contributed by atoms with van der Waals surface area (Å²) in [6, 6.07) is -0.608. The lowest BCUT2D eigenvalue weighted by Crippen LogP contribution is -2.47. The summed E-state index contributed by atoms with van der Waals surface area (Å²) in [4.78, 5) is 37.0. The quantitative estimate of drug-likeness (QED) is 0.649. The highest BCUT2D eigenvalue weighted by molar-refractivity contribution is 5.84. The van der Waals surface area contributed by atoms with Crippen LogP contribution in [0, 0.1) is 0 Å². The number of hydrogen-bond acceptors (Lipinski definition) is 7. The number of aliphatic hydroxyl groups excluding tert-OH is 1. The van der Waals surface area contributed by atoms with E-state index in [2.05, 4.69) is 20.3 Å². The second-order valence-electron chi connectivity index (χ2n) is 6.20. The van der Waals surface area contributed by atoms with E-state index in [4.69, 9.17) is 5.73 Å². The van der Waals surface area contributed by atoms with Crippen molar-refractivity contribution in [2.45, 2.75) is 38.0 Å². The molecule has 10 nitrogen and oxygen atoms in total. The zero-order valence-electron chi connectivity index (χ0n) is 14.1. The van der Waals surface area contributed by atoms with Crippen LogP contribution in [0.4, 0.5) is 5.82 Å². The first-order valence-electron chi connectivity index (χ1n) is 8.01. The molecule has 2 amide bonds. The number of nitrogens with one attached hydrogen (secondary N) is 1. The third kappa shape index (κ3) is 3.12. The zero-order valence-corrected chi connectivity index (χ0v) is 14.1. The maximum atomic E-state index is 12.2. The van der Waals surface area contributed by atoms with Crippen LogP contribution in [0.1, 0.15) is 25.8 Å². The molecular formula is C15H21N7O3. The van der Waals surface area contributed by atoms with Gasteiger partial charge in [-0.25, -0.2) is 15.0 Å². The van der Waals surface area contributed by atoms with Crippen LogP contribution in [0.5, 0.6) is 0 Å². The third-order valence-electron chi connectivity index (χ3n) is 4.67. The van der Waals surface area contributed by atoms with E-state index in [1.54, 1.807) is 17.9 Å². The largest absolute Gasteiger partial charge is 0.389 e. The maximum Gasteiger partial charge on any atom is 0.242 e. The fourth-order valence-corrected chi connectivity index (χ4v) is 3.29. The Bertz CT molecular complexity index is 806. The number of carbonyl (C=O) groups excluding carboxylic acids is 2. The summed E-state index contributed by atoms with van der Waals surface area (Å²) in [6.45, 7) is 1.27. The normalized spacial score (nSPS) is 22.9. The van der Waals surface area contributed by atoms with Gasteiger partial charge in [0.05, 0.1) is 31.1 Å². The van der Waals surface area contributed by atoms with Gasteiger partial charge >= 0.3 is 0 Å². The lowest BCUT2D eigenvalue weighted by Gasteiger charge is -2.29. The molecule has 0 aromatic carbocycles. The Labute approximate surface area is 144 Å². The summed E-state index contributed by atoms with van der Waals surface area (Å²) in [7, 11) is 1.63. The number of fused-ring (bicyclic) bond motifs is 1. The number of likely N-dealkylation sites (N-methyl/N-ethyl adjacent to an activating group) is 1. The molecular weight excluding hydrogens is 326 g/mol. The first-order chi connectivity index (χ1) is 11.9. The standard InChI is InChI=1S/C15H21N7O3/c1-8(23)17-5-11(24)21(2)9-3-4-10(13(9)25)22-7-20-12-14(16)18-6-19-15(12)22/h6-7,9-10,13,25H,3-5H2,1-2H3,(H,17,23)(H2,16,18,19)/t9-,10+,13+/m1/s1. The van der Waals surface area contributed by atoms with Gasteiger partial charge in [0.15, 0.2) is 11.5 Å². The van der Waals surface area contributed by atoms with Gasteiger partial charge in [-0.2, -0.15) is 0 Å². The van der Waals surface area contributed by atoms with Gasteiger partial charge in [0.2, 0.25) is 11.8 Å². The summed E-state index contributed by atoms with van der Waals surface area (Å²) in [6.07, 6.45) is 3.47. The van der Waals surface area contributed by atoms with Crippen molar-refractivity contribution in [2.75, 3.05) is 19.3 Å². The fraction of sp³-hybridized carbons (Fsp3) is 0.533. The molecule has 134 valence electrons. The van der Waals surface area contributed by atoms with Crippen molar-refractivity contribution in [3.63, 3.8) is 0 Å². The van der Waals surface area contributed by atoms with E-state index < -0.39 is 6.10 Å². The number of aromatic nitrogens is 4. The Morgan fingerprint density at radius 2 is 2.16 bits per heavy atom. The number of rotatable bonds is 4. The summed E-state index contributed by atoms with van der Waals surface area (Å²) in [5, 5.41) is 13.2. The predicted molar refractivity (Wildman–Crippen MR) is 89.3 cm³/mol. The third-order valence-corrected chi connectivity index (χ3v) is 4.67. The number of amides is 2. The van der Waals surface area contributed by atoms with E-state index in [0.717, 1.165) is 0 Å². The van der Waals surface area contributed by atoms with Crippen LogP contribution in [0.3, 0.4) is 0 Å². The van der Waals surface area contributed by atoms with Crippen LogP contribution in [-0.4, -0.2) is 67.1 Å². The second kappa shape index (κ2) is 6.63. The van der Waals surface area contributed by atoms with E-state index in [1.807, 2.05) is 0 Å². The van der Waals surface area contributed by atoms with Crippen molar-refractivity contribution in [3.8, 4) is 0 Å². The molecule has 2 aromatic rings. The number of anilines is 1. The van der Waals surface area contributed by atoms with Gasteiger partial charge in [-0.05, 0) is 12.8 Å². The monoisotopic (exact) mass is 347 g/mol. The number of hydrogen-bond donors (Lipinski definition) is 3. The molecule has 0 radical (unpaired) electrons. The number of aliphatic hydroxyl groups is 1. The number of nitrogen functional groups attached to an aromatic ring is 1. The van der Waals surface area contributed by atoms with Crippen molar-refractivity contribution in [2.24, 2.45) is 0 Å². The lowest BCUT2D eigenvalue weighted by molar-refractivity contribution is -0.134. The highest BCUT2D eigenvalue weighted by Gasteiger charge is 2.40. The summed E-state index contributed by atoms with van der Waals surface area (Å²) < 4.78 is 1.78. The van der Waals surface area contributed by atoms with Gasteiger partial charge < -0.3 is 25.6 Å². The Morgan fingerprint density at radius 3 is 2.88 bits per heavy atom. The van der Waals surface area contributed by atoms with Gasteiger partial charge in [-0.1, -0.05) is 0 Å². The average Bonchev–Trinajstić information content (AvgIpc) is 3.16. The molecule has 1 aliphatic carbocycles. The molecule has 25 heavy (non-hydrogen) atoms. The van der Waals surface area contributed by atoms with Crippen LogP contribution in [-0.2, 0) is 9.59 Å². The topological polar surface area (TPSA) is 139 Å². The van der Waals surface area contributed by atoms with Crippen molar-refractivity contribution < 1.29 is 14.7 Å². The second-order valence-corrected chi connectivity index (χ2v) is 6.20. The van der Waals surface area contributed by atoms with Crippen LogP contribution >= 0.6 is 0 Å². The smallest absolute Gasteiger partial charge is 0.242 e. The molecule has 0 saturated heterocycles. The molecule has 2 aromatic heterocycles. The van der Waals surface area contributed by atoms with E-state index >= 15 is 0 Å². The minimum Gasteiger partial charge on any atom is -0.389 e. The van der Waals surface area contributed by atoms with Gasteiger partial charge in [0.25, 0.3) is 0 Å². The Kier molecular flexibility index (Phi) is 4.53. The van der Waals surface area contributed by atoms with Crippen LogP contribution in [0.2, 0.25) is 0 Å². The molecule has 3 atom stereocenters. The molecule has 0 bridgehead atoms. The average molecular weight is 347 g/mol. The minimum atomic E-state index is -0.778. The lowest BCUT2D eigenvalue weighted by atomic mass is 10.1. The molecule has 1 aliphatic rings. The first-order valence-corrected chi connectivity index (χ1v) is 8.01. The SMILES string of the molecule is CC(=O)NCC(=O)N(C)[C@@H]1CC[C@H](n2cnc3c(N)ncnc32)[C@H]1O. The van der Waals surface area contributed by atoms with Crippen molar-refractivity contribution in [1.29, 1.82) is 0 Å². The number of imidazole rings is 1. The first kappa shape index (κ1) is 17.1. The van der Waals surface area contributed by atoms with E-state index in [1.165, 1.54) is 18.2 Å². The molecule has 1 fully saturated rings. The number of nitrogens with two attached hydrogens (primary N) is 1. The van der Waals surface area contributed by atoms with Gasteiger partial charge in [-0.15, -0.1) is 0 Å². The summed E-state index contributed by atoms with van der Waals surface area (Å²) in [5.41, 5.74) is 6.85. The van der Waals surface area contributed by atoms with E-state index in [9.17, 15) is 14.7 Å². The van der Waals surface area contributed by atoms with Gasteiger partial charge in [0, 0.05) is 14.0 Å². The zero-order chi connectivity index (χ0) is 18.1. The van der Waals surface area contributed by atoms with Crippen molar-refractivity contribution >= 4 is 28.8 Å². The molecule has 1 saturated carbocycles. The van der Waals surface area contributed by atoms with Crippen molar-refractivity contribution in [3.05, 3.63) is 12.7 Å². The fourth-order valence-electron chi connectivity index (χ4n) is 3.29. The predicted octanol–water partition coefficient (Wildman–Crippen LogP) is -0.933. The molecule has 3 rings (SSSR count). The molecule has 0 aliphatic heterocycles. The van der Waals surface area contributed by atoms with Crippen LogP contribution in [0.15, 0.2) is 12.7 Å². The highest BCUT2D eigenvalue weighted by atomic mass is 16.3. The maximum absolute atomic E-state index is 12.2. The molecule has 0 spiro atoms. The molecule has 0 unspecified atom stereocenters. The Balaban J connectivity index is 1.77. The van der Waals surface area contributed by atoms with Gasteiger partial charge in [0.1, 0.15) is 11.8 Å². The Morgan fingerprint density at radius 1 is 1.40 bits per heavy atom. The highest BCUT2D eigenvalue weighted by Crippen LogP contribution is 2.35. The summed E-state index contributed by atoms with van der Waals surface area (Å²) in [5.74, 6) is -0.230. The number of nitrogens with zero attached hydrogens (tertiary/aromatic N) is 5. The molecule has 4 N–H and O–H groups in total. The minimum absolute atomic E-state index is 0.0858. The van der Waals surface area contributed by atoms with Crippen LogP contribution in [0.25, 0.3) is 11.2 Å². The van der Waals surface area contributed by atoms with E-state index in [0.29, 0.717) is 24.0 Å². The van der Waals surface area contributed by atoms with Crippen LogP contribution < -0.4 is 11.1 Å². The molecule has 2 heterocycles. The number of carbonyl (C=O) groups is 2. The summed E-state index contributed by atoms with van der Waals surface area (Å²) >= 11 is 0. The van der Waals surface area contributed by atoms with Crippen molar-refractivity contribution in [1.82, 2.24) is 29.7 Å². The molecule has 10 heteroatoms.